The van der Waals surface area contributed by atoms with Crippen molar-refractivity contribution in [1.82, 2.24) is 0 Å². The first-order chi connectivity index (χ1) is 10.6. The van der Waals surface area contributed by atoms with E-state index < -0.39 is 10.0 Å². The zero-order valence-electron chi connectivity index (χ0n) is 14.0. The summed E-state index contributed by atoms with van der Waals surface area (Å²) < 4.78 is 28.3. The fourth-order valence-corrected chi connectivity index (χ4v) is 4.26. The van der Waals surface area contributed by atoms with Gasteiger partial charge in [0.15, 0.2) is 5.78 Å². The molecule has 0 unspecified atom stereocenters. The number of anilines is 1. The standard InChI is InChI=1S/C18H21NO3S/c1-11-9-12(2)14(4)18(13(11)3)23(21,22)19-17-8-6-7-16(10-17)15(5)20/h6-10,19H,1-5H3. The fourth-order valence-electron chi connectivity index (χ4n) is 2.59. The molecule has 122 valence electrons. The summed E-state index contributed by atoms with van der Waals surface area (Å²) in [6.45, 7) is 8.87. The summed E-state index contributed by atoms with van der Waals surface area (Å²) in [7, 11) is -3.72. The van der Waals surface area contributed by atoms with Gasteiger partial charge in [0, 0.05) is 11.3 Å². The van der Waals surface area contributed by atoms with Crippen molar-refractivity contribution in [2.45, 2.75) is 39.5 Å². The average molecular weight is 331 g/mol. The zero-order valence-corrected chi connectivity index (χ0v) is 14.8. The fraction of sp³-hybridized carbons (Fsp3) is 0.278. The summed E-state index contributed by atoms with van der Waals surface area (Å²) in [4.78, 5) is 11.8. The van der Waals surface area contributed by atoms with Gasteiger partial charge in [-0.05, 0) is 69.0 Å². The van der Waals surface area contributed by atoms with Gasteiger partial charge in [-0.25, -0.2) is 8.42 Å². The molecule has 0 heterocycles. The number of ketones is 1. The molecule has 5 heteroatoms. The van der Waals surface area contributed by atoms with Gasteiger partial charge >= 0.3 is 0 Å². The number of nitrogens with one attached hydrogen (secondary N) is 1. The molecule has 0 spiro atoms. The molecule has 0 aromatic heterocycles. The highest BCUT2D eigenvalue weighted by Gasteiger charge is 2.22. The molecule has 0 fully saturated rings. The molecule has 4 nitrogen and oxygen atoms in total. The van der Waals surface area contributed by atoms with E-state index >= 15 is 0 Å². The maximum atomic E-state index is 12.8. The van der Waals surface area contributed by atoms with Crippen molar-refractivity contribution in [3.05, 3.63) is 58.1 Å². The third-order valence-electron chi connectivity index (χ3n) is 4.09. The van der Waals surface area contributed by atoms with Crippen LogP contribution in [-0.4, -0.2) is 14.2 Å². The van der Waals surface area contributed by atoms with E-state index in [4.69, 9.17) is 0 Å². The number of benzene rings is 2. The van der Waals surface area contributed by atoms with Crippen LogP contribution in [0.4, 0.5) is 5.69 Å². The van der Waals surface area contributed by atoms with Gasteiger partial charge < -0.3 is 0 Å². The topological polar surface area (TPSA) is 63.2 Å². The normalized spacial score (nSPS) is 11.3. The molecular weight excluding hydrogens is 310 g/mol. The van der Waals surface area contributed by atoms with Gasteiger partial charge in [-0.1, -0.05) is 18.2 Å². The van der Waals surface area contributed by atoms with E-state index in [1.54, 1.807) is 24.3 Å². The van der Waals surface area contributed by atoms with Crippen molar-refractivity contribution >= 4 is 21.5 Å². The molecule has 0 aliphatic heterocycles. The largest absolute Gasteiger partial charge is 0.295 e. The van der Waals surface area contributed by atoms with E-state index in [1.165, 1.54) is 6.92 Å². The van der Waals surface area contributed by atoms with Gasteiger partial charge in [0.05, 0.1) is 4.90 Å². The minimum Gasteiger partial charge on any atom is -0.295 e. The van der Waals surface area contributed by atoms with Crippen molar-refractivity contribution < 1.29 is 13.2 Å². The van der Waals surface area contributed by atoms with Crippen LogP contribution in [0.15, 0.2) is 35.2 Å². The Balaban J connectivity index is 2.53. The Morgan fingerprint density at radius 1 is 0.957 bits per heavy atom. The summed E-state index contributed by atoms with van der Waals surface area (Å²) in [5.74, 6) is -0.107. The molecule has 0 aliphatic rings. The number of rotatable bonds is 4. The van der Waals surface area contributed by atoms with E-state index in [2.05, 4.69) is 4.72 Å². The Labute approximate surface area is 137 Å². The van der Waals surface area contributed by atoms with Crippen LogP contribution < -0.4 is 4.72 Å². The van der Waals surface area contributed by atoms with E-state index in [0.29, 0.717) is 16.1 Å². The summed E-state index contributed by atoms with van der Waals surface area (Å²) in [6, 6.07) is 8.49. The third kappa shape index (κ3) is 3.45. The Kier molecular flexibility index (Phi) is 4.61. The number of aryl methyl sites for hydroxylation is 2. The molecule has 2 aromatic carbocycles. The zero-order chi connectivity index (χ0) is 17.4. The number of hydrogen-bond acceptors (Lipinski definition) is 3. The monoisotopic (exact) mass is 331 g/mol. The molecule has 0 saturated heterocycles. The predicted octanol–water partition coefficient (Wildman–Crippen LogP) is 3.92. The van der Waals surface area contributed by atoms with Gasteiger partial charge in [-0.15, -0.1) is 0 Å². The third-order valence-corrected chi connectivity index (χ3v) is 5.74. The molecule has 0 atom stereocenters. The maximum Gasteiger partial charge on any atom is 0.262 e. The number of Topliss-reactive ketones (excluding diaryl/α,β-unsaturated/α-hetero) is 1. The van der Waals surface area contributed by atoms with Crippen LogP contribution in [0.1, 0.15) is 39.5 Å². The molecule has 2 rings (SSSR count). The second-order valence-electron chi connectivity index (χ2n) is 5.83. The number of carbonyl (C=O) groups is 1. The average Bonchev–Trinajstić information content (AvgIpc) is 2.45. The number of carbonyl (C=O) groups excluding carboxylic acids is 1. The molecule has 0 bridgehead atoms. The minimum atomic E-state index is -3.72. The molecule has 0 saturated carbocycles. The van der Waals surface area contributed by atoms with Crippen LogP contribution in [0, 0.1) is 27.7 Å². The van der Waals surface area contributed by atoms with Gasteiger partial charge in [-0.2, -0.15) is 0 Å². The molecule has 0 amide bonds. The summed E-state index contributed by atoms with van der Waals surface area (Å²) in [5.41, 5.74) is 4.21. The van der Waals surface area contributed by atoms with E-state index in [1.807, 2.05) is 33.8 Å². The lowest BCUT2D eigenvalue weighted by Gasteiger charge is -2.17. The van der Waals surface area contributed by atoms with Crippen molar-refractivity contribution in [3.8, 4) is 0 Å². The van der Waals surface area contributed by atoms with Gasteiger partial charge in [0.1, 0.15) is 0 Å². The predicted molar refractivity (Wildman–Crippen MR) is 92.6 cm³/mol. The Bertz CT molecular complexity index is 857. The van der Waals surface area contributed by atoms with Crippen LogP contribution in [0.3, 0.4) is 0 Å². The number of sulfonamides is 1. The van der Waals surface area contributed by atoms with Crippen LogP contribution in [0.5, 0.6) is 0 Å². The Morgan fingerprint density at radius 3 is 2.04 bits per heavy atom. The van der Waals surface area contributed by atoms with Gasteiger partial charge in [-0.3, -0.25) is 9.52 Å². The highest BCUT2D eigenvalue weighted by atomic mass is 32.2. The summed E-state index contributed by atoms with van der Waals surface area (Å²) in [5, 5.41) is 0. The second-order valence-corrected chi connectivity index (χ2v) is 7.45. The molecule has 1 N–H and O–H groups in total. The molecular formula is C18H21NO3S. The number of hydrogen-bond donors (Lipinski definition) is 1. The smallest absolute Gasteiger partial charge is 0.262 e. The van der Waals surface area contributed by atoms with Crippen LogP contribution in [-0.2, 0) is 10.0 Å². The van der Waals surface area contributed by atoms with E-state index in [0.717, 1.165) is 22.3 Å². The quantitative estimate of drug-likeness (QED) is 0.864. The van der Waals surface area contributed by atoms with Crippen molar-refractivity contribution in [2.75, 3.05) is 4.72 Å². The highest BCUT2D eigenvalue weighted by molar-refractivity contribution is 7.92. The van der Waals surface area contributed by atoms with E-state index in [-0.39, 0.29) is 5.78 Å². The lowest BCUT2D eigenvalue weighted by molar-refractivity contribution is 0.101. The molecule has 0 aliphatic carbocycles. The first kappa shape index (κ1) is 17.2. The highest BCUT2D eigenvalue weighted by Crippen LogP contribution is 2.28. The second kappa shape index (κ2) is 6.16. The first-order valence-electron chi connectivity index (χ1n) is 7.34. The van der Waals surface area contributed by atoms with Crippen molar-refractivity contribution in [2.24, 2.45) is 0 Å². The molecule has 0 radical (unpaired) electrons. The molecule has 23 heavy (non-hydrogen) atoms. The maximum absolute atomic E-state index is 12.8. The summed E-state index contributed by atoms with van der Waals surface area (Å²) in [6.07, 6.45) is 0. The van der Waals surface area contributed by atoms with Gasteiger partial charge in [0.2, 0.25) is 0 Å². The van der Waals surface area contributed by atoms with Crippen LogP contribution >= 0.6 is 0 Å². The first-order valence-corrected chi connectivity index (χ1v) is 8.83. The summed E-state index contributed by atoms with van der Waals surface area (Å²) >= 11 is 0. The van der Waals surface area contributed by atoms with Crippen LogP contribution in [0.2, 0.25) is 0 Å². The SMILES string of the molecule is CC(=O)c1cccc(NS(=O)(=O)c2c(C)c(C)cc(C)c2C)c1. The Hall–Kier alpha value is -2.14. The molecule has 2 aromatic rings. The van der Waals surface area contributed by atoms with Crippen molar-refractivity contribution in [3.63, 3.8) is 0 Å². The lowest BCUT2D eigenvalue weighted by atomic mass is 10.0. The van der Waals surface area contributed by atoms with Crippen LogP contribution in [0.25, 0.3) is 0 Å². The van der Waals surface area contributed by atoms with E-state index in [9.17, 15) is 13.2 Å². The Morgan fingerprint density at radius 2 is 1.52 bits per heavy atom. The van der Waals surface area contributed by atoms with Crippen molar-refractivity contribution in [1.29, 1.82) is 0 Å². The van der Waals surface area contributed by atoms with Gasteiger partial charge in [0.25, 0.3) is 10.0 Å². The lowest BCUT2D eigenvalue weighted by Crippen LogP contribution is -2.17. The minimum absolute atomic E-state index is 0.107.